The van der Waals surface area contributed by atoms with Gasteiger partial charge in [0, 0.05) is 19.6 Å². The van der Waals surface area contributed by atoms with Gasteiger partial charge in [-0.1, -0.05) is 12.1 Å². The molecule has 1 aliphatic rings. The summed E-state index contributed by atoms with van der Waals surface area (Å²) in [6.07, 6.45) is 2.28. The first-order chi connectivity index (χ1) is 10.6. The van der Waals surface area contributed by atoms with Crippen molar-refractivity contribution in [3.63, 3.8) is 0 Å². The molecule has 0 aromatic heterocycles. The van der Waals surface area contributed by atoms with Crippen LogP contribution in [0.1, 0.15) is 24.0 Å². The standard InChI is InChI=1S/C17H26N2O3/c1-13-8-14(5-6-16(13)22-2)10-19-7-3-4-15(11-19)9-18-17(21)12-20/h5-6,8,15,20H,3-4,7,9-12H2,1-2H3,(H,18,21). The number of aliphatic hydroxyl groups excluding tert-OH is 1. The zero-order chi connectivity index (χ0) is 15.9. The third kappa shape index (κ3) is 4.71. The Labute approximate surface area is 132 Å². The number of carbonyl (C=O) groups excluding carboxylic acids is 1. The molecule has 5 heteroatoms. The average molecular weight is 306 g/mol. The number of piperidine rings is 1. The van der Waals surface area contributed by atoms with Gasteiger partial charge >= 0.3 is 0 Å². The van der Waals surface area contributed by atoms with Crippen LogP contribution in [0.25, 0.3) is 0 Å². The van der Waals surface area contributed by atoms with Crippen LogP contribution in [-0.2, 0) is 11.3 Å². The van der Waals surface area contributed by atoms with Crippen molar-refractivity contribution >= 4 is 5.91 Å². The Morgan fingerprint density at radius 2 is 2.32 bits per heavy atom. The summed E-state index contributed by atoms with van der Waals surface area (Å²) in [5, 5.41) is 11.5. The Kier molecular flexibility index (Phi) is 6.21. The van der Waals surface area contributed by atoms with Gasteiger partial charge in [0.05, 0.1) is 7.11 Å². The molecule has 0 spiro atoms. The van der Waals surface area contributed by atoms with Crippen molar-refractivity contribution in [1.82, 2.24) is 10.2 Å². The van der Waals surface area contributed by atoms with Crippen LogP contribution < -0.4 is 10.1 Å². The highest BCUT2D eigenvalue weighted by Gasteiger charge is 2.20. The largest absolute Gasteiger partial charge is 0.496 e. The summed E-state index contributed by atoms with van der Waals surface area (Å²) in [5.74, 6) is 1.10. The van der Waals surface area contributed by atoms with E-state index in [4.69, 9.17) is 9.84 Å². The minimum Gasteiger partial charge on any atom is -0.496 e. The molecule has 0 bridgehead atoms. The number of benzene rings is 1. The van der Waals surface area contributed by atoms with Gasteiger partial charge in [0.2, 0.25) is 5.91 Å². The Hall–Kier alpha value is -1.59. The zero-order valence-electron chi connectivity index (χ0n) is 13.5. The van der Waals surface area contributed by atoms with E-state index in [2.05, 4.69) is 29.3 Å². The van der Waals surface area contributed by atoms with E-state index in [0.717, 1.165) is 43.8 Å². The Balaban J connectivity index is 1.87. The molecular weight excluding hydrogens is 280 g/mol. The fraction of sp³-hybridized carbons (Fsp3) is 0.588. The molecule has 2 rings (SSSR count). The SMILES string of the molecule is COc1ccc(CN2CCCC(CNC(=O)CO)C2)cc1C. The van der Waals surface area contributed by atoms with Gasteiger partial charge in [0.15, 0.2) is 0 Å². The molecule has 1 aliphatic heterocycles. The highest BCUT2D eigenvalue weighted by Crippen LogP contribution is 2.22. The number of nitrogens with one attached hydrogen (secondary N) is 1. The smallest absolute Gasteiger partial charge is 0.245 e. The van der Waals surface area contributed by atoms with Crippen LogP contribution >= 0.6 is 0 Å². The first-order valence-corrected chi connectivity index (χ1v) is 7.85. The van der Waals surface area contributed by atoms with Crippen LogP contribution in [0.2, 0.25) is 0 Å². The monoisotopic (exact) mass is 306 g/mol. The van der Waals surface area contributed by atoms with E-state index >= 15 is 0 Å². The van der Waals surface area contributed by atoms with E-state index in [0.29, 0.717) is 12.5 Å². The number of rotatable bonds is 6. The molecule has 122 valence electrons. The van der Waals surface area contributed by atoms with E-state index in [1.807, 2.05) is 6.07 Å². The van der Waals surface area contributed by atoms with E-state index < -0.39 is 6.61 Å². The predicted molar refractivity (Wildman–Crippen MR) is 85.8 cm³/mol. The lowest BCUT2D eigenvalue weighted by Gasteiger charge is -2.33. The second-order valence-electron chi connectivity index (χ2n) is 6.01. The van der Waals surface area contributed by atoms with Crippen LogP contribution in [0.4, 0.5) is 0 Å². The van der Waals surface area contributed by atoms with E-state index in [9.17, 15) is 4.79 Å². The summed E-state index contributed by atoms with van der Waals surface area (Å²) >= 11 is 0. The van der Waals surface area contributed by atoms with Crippen molar-refractivity contribution in [2.45, 2.75) is 26.3 Å². The molecule has 1 atom stereocenters. The van der Waals surface area contributed by atoms with Gasteiger partial charge in [-0.25, -0.2) is 0 Å². The van der Waals surface area contributed by atoms with Crippen molar-refractivity contribution < 1.29 is 14.6 Å². The number of methoxy groups -OCH3 is 1. The maximum Gasteiger partial charge on any atom is 0.245 e. The molecular formula is C17H26N2O3. The van der Waals surface area contributed by atoms with Gasteiger partial charge in [0.25, 0.3) is 0 Å². The average Bonchev–Trinajstić information content (AvgIpc) is 2.53. The third-order valence-corrected chi connectivity index (χ3v) is 4.20. The predicted octanol–water partition coefficient (Wildman–Crippen LogP) is 1.32. The van der Waals surface area contributed by atoms with Gasteiger partial charge < -0.3 is 15.2 Å². The minimum atomic E-state index is -0.429. The molecule has 1 heterocycles. The lowest BCUT2D eigenvalue weighted by Crippen LogP contribution is -2.41. The number of nitrogens with zero attached hydrogens (tertiary/aromatic N) is 1. The maximum atomic E-state index is 11.1. The molecule has 0 aliphatic carbocycles. The zero-order valence-corrected chi connectivity index (χ0v) is 13.5. The second kappa shape index (κ2) is 8.15. The molecule has 1 saturated heterocycles. The minimum absolute atomic E-state index is 0.289. The molecule has 1 amide bonds. The molecule has 1 fully saturated rings. The summed E-state index contributed by atoms with van der Waals surface area (Å²) in [4.78, 5) is 13.6. The van der Waals surface area contributed by atoms with Crippen molar-refractivity contribution in [2.75, 3.05) is 33.4 Å². The maximum absolute atomic E-state index is 11.1. The molecule has 1 unspecified atom stereocenters. The van der Waals surface area contributed by atoms with Crippen LogP contribution in [0.5, 0.6) is 5.75 Å². The first kappa shape index (κ1) is 16.8. The van der Waals surface area contributed by atoms with Gasteiger partial charge in [-0.05, 0) is 49.4 Å². The second-order valence-corrected chi connectivity index (χ2v) is 6.01. The number of aryl methyl sites for hydroxylation is 1. The molecule has 0 saturated carbocycles. The number of ether oxygens (including phenoxy) is 1. The molecule has 1 aromatic rings. The van der Waals surface area contributed by atoms with E-state index in [1.165, 1.54) is 5.56 Å². The number of hydrogen-bond donors (Lipinski definition) is 2. The summed E-state index contributed by atoms with van der Waals surface area (Å²) in [5.41, 5.74) is 2.45. The van der Waals surface area contributed by atoms with Crippen LogP contribution in [0.15, 0.2) is 18.2 Å². The number of aliphatic hydroxyl groups is 1. The normalized spacial score (nSPS) is 19.0. The summed E-state index contributed by atoms with van der Waals surface area (Å²) in [6, 6.07) is 6.31. The molecule has 22 heavy (non-hydrogen) atoms. The topological polar surface area (TPSA) is 61.8 Å². The quantitative estimate of drug-likeness (QED) is 0.832. The molecule has 0 radical (unpaired) electrons. The van der Waals surface area contributed by atoms with Crippen LogP contribution in [0, 0.1) is 12.8 Å². The van der Waals surface area contributed by atoms with E-state index in [1.54, 1.807) is 7.11 Å². The summed E-state index contributed by atoms with van der Waals surface area (Å²) in [6.45, 7) is 5.28. The molecule has 2 N–H and O–H groups in total. The number of amides is 1. The fourth-order valence-electron chi connectivity index (χ4n) is 3.07. The summed E-state index contributed by atoms with van der Waals surface area (Å²) in [7, 11) is 1.69. The number of carbonyl (C=O) groups is 1. The van der Waals surface area contributed by atoms with Crippen molar-refractivity contribution in [1.29, 1.82) is 0 Å². The fourth-order valence-corrected chi connectivity index (χ4v) is 3.07. The molecule has 1 aromatic carbocycles. The van der Waals surface area contributed by atoms with Crippen molar-refractivity contribution in [2.24, 2.45) is 5.92 Å². The molecule has 5 nitrogen and oxygen atoms in total. The Morgan fingerprint density at radius 1 is 1.50 bits per heavy atom. The van der Waals surface area contributed by atoms with Crippen LogP contribution in [-0.4, -0.2) is 49.3 Å². The van der Waals surface area contributed by atoms with Crippen molar-refractivity contribution in [3.05, 3.63) is 29.3 Å². The number of likely N-dealkylation sites (tertiary alicyclic amines) is 1. The summed E-state index contributed by atoms with van der Waals surface area (Å²) < 4.78 is 5.30. The highest BCUT2D eigenvalue weighted by atomic mass is 16.5. The lowest BCUT2D eigenvalue weighted by molar-refractivity contribution is -0.124. The van der Waals surface area contributed by atoms with Gasteiger partial charge in [-0.3, -0.25) is 9.69 Å². The Bertz CT molecular complexity index is 505. The van der Waals surface area contributed by atoms with Crippen LogP contribution in [0.3, 0.4) is 0 Å². The highest BCUT2D eigenvalue weighted by molar-refractivity contribution is 5.76. The van der Waals surface area contributed by atoms with Gasteiger partial charge in [-0.15, -0.1) is 0 Å². The van der Waals surface area contributed by atoms with Crippen molar-refractivity contribution in [3.8, 4) is 5.75 Å². The number of hydrogen-bond acceptors (Lipinski definition) is 4. The van der Waals surface area contributed by atoms with Gasteiger partial charge in [-0.2, -0.15) is 0 Å². The Morgan fingerprint density at radius 3 is 3.00 bits per heavy atom. The van der Waals surface area contributed by atoms with E-state index in [-0.39, 0.29) is 5.91 Å². The third-order valence-electron chi connectivity index (χ3n) is 4.20. The van der Waals surface area contributed by atoms with Gasteiger partial charge in [0.1, 0.15) is 12.4 Å². The lowest BCUT2D eigenvalue weighted by atomic mass is 9.97. The first-order valence-electron chi connectivity index (χ1n) is 7.85.